The smallest absolute Gasteiger partial charge is 0.340 e. The molecule has 0 aliphatic carbocycles. The Morgan fingerprint density at radius 1 is 1.09 bits per heavy atom. The average Bonchev–Trinajstić information content (AvgIpc) is 2.78. The standard InChI is InChI=1S/C28H28FN3O3/c1-17-14-22(18(2)30-23-9-7-6-8-21(23)27(34)35-28(3,4)5)26-31-24(15-25(33)32(26)16-17)19-10-12-20(29)13-11-19/h6-16,18,30H,1-5H3. The Labute approximate surface area is 203 Å². The van der Waals surface area contributed by atoms with Gasteiger partial charge in [-0.15, -0.1) is 0 Å². The zero-order valence-electron chi connectivity index (χ0n) is 20.4. The van der Waals surface area contributed by atoms with E-state index in [4.69, 9.17) is 9.72 Å². The second kappa shape index (κ2) is 9.33. The van der Waals surface area contributed by atoms with Crippen molar-refractivity contribution in [1.29, 1.82) is 0 Å². The summed E-state index contributed by atoms with van der Waals surface area (Å²) in [4.78, 5) is 30.5. The molecule has 7 heteroatoms. The first-order valence-electron chi connectivity index (χ1n) is 11.4. The van der Waals surface area contributed by atoms with E-state index in [-0.39, 0.29) is 17.4 Å². The monoisotopic (exact) mass is 473 g/mol. The molecule has 0 saturated carbocycles. The van der Waals surface area contributed by atoms with Gasteiger partial charge in [-0.05, 0) is 82.6 Å². The lowest BCUT2D eigenvalue weighted by atomic mass is 10.1. The molecule has 0 saturated heterocycles. The summed E-state index contributed by atoms with van der Waals surface area (Å²) in [5.41, 5.74) is 3.44. The molecule has 0 aliphatic heterocycles. The highest BCUT2D eigenvalue weighted by Gasteiger charge is 2.22. The summed E-state index contributed by atoms with van der Waals surface area (Å²) in [6, 6.07) is 16.1. The number of rotatable bonds is 5. The summed E-state index contributed by atoms with van der Waals surface area (Å²) < 4.78 is 20.5. The van der Waals surface area contributed by atoms with Gasteiger partial charge in [-0.2, -0.15) is 0 Å². The molecule has 0 radical (unpaired) electrons. The van der Waals surface area contributed by atoms with Crippen LogP contribution in [-0.2, 0) is 4.74 Å². The van der Waals surface area contributed by atoms with Crippen LogP contribution in [-0.4, -0.2) is 21.0 Å². The van der Waals surface area contributed by atoms with Gasteiger partial charge in [0.2, 0.25) is 0 Å². The molecule has 4 rings (SSSR count). The van der Waals surface area contributed by atoms with Gasteiger partial charge in [0.15, 0.2) is 0 Å². The summed E-state index contributed by atoms with van der Waals surface area (Å²) in [5.74, 6) is -0.779. The van der Waals surface area contributed by atoms with Crippen molar-refractivity contribution < 1.29 is 13.9 Å². The molecule has 1 N–H and O–H groups in total. The van der Waals surface area contributed by atoms with Gasteiger partial charge in [0.1, 0.15) is 17.1 Å². The van der Waals surface area contributed by atoms with Crippen LogP contribution in [0.25, 0.3) is 16.9 Å². The quantitative estimate of drug-likeness (QED) is 0.363. The third kappa shape index (κ3) is 5.40. The number of nitrogens with zero attached hydrogens (tertiary/aromatic N) is 2. The second-order valence-corrected chi connectivity index (χ2v) is 9.57. The van der Waals surface area contributed by atoms with Crippen molar-refractivity contribution in [2.75, 3.05) is 5.32 Å². The minimum absolute atomic E-state index is 0.236. The van der Waals surface area contributed by atoms with Crippen molar-refractivity contribution in [2.24, 2.45) is 0 Å². The van der Waals surface area contributed by atoms with Crippen molar-refractivity contribution >= 4 is 17.3 Å². The van der Waals surface area contributed by atoms with Crippen molar-refractivity contribution in [2.45, 2.75) is 46.3 Å². The number of carbonyl (C=O) groups excluding carboxylic acids is 1. The molecule has 2 heterocycles. The van der Waals surface area contributed by atoms with Gasteiger partial charge >= 0.3 is 5.97 Å². The van der Waals surface area contributed by atoms with E-state index in [1.807, 2.05) is 52.8 Å². The molecular weight excluding hydrogens is 445 g/mol. The van der Waals surface area contributed by atoms with Crippen LogP contribution in [0.5, 0.6) is 0 Å². The van der Waals surface area contributed by atoms with Crippen LogP contribution in [0.2, 0.25) is 0 Å². The largest absolute Gasteiger partial charge is 0.456 e. The van der Waals surface area contributed by atoms with Crippen molar-refractivity contribution in [3.05, 3.63) is 99.7 Å². The number of benzene rings is 2. The molecule has 35 heavy (non-hydrogen) atoms. The summed E-state index contributed by atoms with van der Waals surface area (Å²) in [6.45, 7) is 9.32. The summed E-state index contributed by atoms with van der Waals surface area (Å²) >= 11 is 0. The van der Waals surface area contributed by atoms with Gasteiger partial charge in [-0.3, -0.25) is 9.20 Å². The predicted molar refractivity (Wildman–Crippen MR) is 135 cm³/mol. The lowest BCUT2D eigenvalue weighted by Crippen LogP contribution is -2.25. The molecule has 2 aromatic heterocycles. The lowest BCUT2D eigenvalue weighted by Gasteiger charge is -2.23. The highest BCUT2D eigenvalue weighted by atomic mass is 19.1. The van der Waals surface area contributed by atoms with Crippen LogP contribution >= 0.6 is 0 Å². The van der Waals surface area contributed by atoms with Gasteiger partial charge in [-0.25, -0.2) is 14.2 Å². The van der Waals surface area contributed by atoms with Gasteiger partial charge in [0.05, 0.1) is 17.3 Å². The highest BCUT2D eigenvalue weighted by Crippen LogP contribution is 2.27. The number of esters is 1. The van der Waals surface area contributed by atoms with Gasteiger partial charge in [0, 0.05) is 29.1 Å². The number of anilines is 1. The zero-order chi connectivity index (χ0) is 25.3. The lowest BCUT2D eigenvalue weighted by molar-refractivity contribution is 0.00706. The van der Waals surface area contributed by atoms with Gasteiger partial charge in [-0.1, -0.05) is 12.1 Å². The maximum absolute atomic E-state index is 13.4. The molecule has 4 aromatic rings. The van der Waals surface area contributed by atoms with Crippen LogP contribution in [0.1, 0.15) is 55.2 Å². The predicted octanol–water partition coefficient (Wildman–Crippen LogP) is 5.94. The number of aryl methyl sites for hydroxylation is 1. The van der Waals surface area contributed by atoms with E-state index in [9.17, 15) is 14.0 Å². The fourth-order valence-electron chi connectivity index (χ4n) is 3.89. The molecule has 0 amide bonds. The number of ether oxygens (including phenoxy) is 1. The number of fused-ring (bicyclic) bond motifs is 1. The average molecular weight is 474 g/mol. The Kier molecular flexibility index (Phi) is 6.43. The Bertz CT molecular complexity index is 1450. The highest BCUT2D eigenvalue weighted by molar-refractivity contribution is 5.96. The summed E-state index contributed by atoms with van der Waals surface area (Å²) in [5, 5.41) is 3.39. The second-order valence-electron chi connectivity index (χ2n) is 9.57. The number of halogens is 1. The van der Waals surface area contributed by atoms with Crippen LogP contribution in [0, 0.1) is 12.7 Å². The van der Waals surface area contributed by atoms with E-state index < -0.39 is 11.6 Å². The fraction of sp³-hybridized carbons (Fsp3) is 0.250. The normalized spacial score (nSPS) is 12.4. The first kappa shape index (κ1) is 24.1. The molecule has 2 aromatic carbocycles. The van der Waals surface area contributed by atoms with E-state index in [1.54, 1.807) is 30.5 Å². The Balaban J connectivity index is 1.77. The van der Waals surface area contributed by atoms with Gasteiger partial charge in [0.25, 0.3) is 5.56 Å². The Hall–Kier alpha value is -4.00. The van der Waals surface area contributed by atoms with Gasteiger partial charge < -0.3 is 10.1 Å². The maximum Gasteiger partial charge on any atom is 0.340 e. The SMILES string of the molecule is Cc1cc(C(C)Nc2ccccc2C(=O)OC(C)(C)C)c2nc(-c3ccc(F)cc3)cc(=O)n2c1. The Morgan fingerprint density at radius 2 is 1.77 bits per heavy atom. The molecule has 0 bridgehead atoms. The molecule has 6 nitrogen and oxygen atoms in total. The Morgan fingerprint density at radius 3 is 2.46 bits per heavy atom. The number of para-hydroxylation sites is 1. The minimum Gasteiger partial charge on any atom is -0.456 e. The van der Waals surface area contributed by atoms with Crippen molar-refractivity contribution in [3.8, 4) is 11.3 Å². The first-order chi connectivity index (χ1) is 16.5. The number of nitrogens with one attached hydrogen (secondary N) is 1. The third-order valence-electron chi connectivity index (χ3n) is 5.45. The van der Waals surface area contributed by atoms with Crippen LogP contribution in [0.4, 0.5) is 10.1 Å². The number of carbonyl (C=O) groups is 1. The van der Waals surface area contributed by atoms with E-state index in [0.29, 0.717) is 28.2 Å². The number of aromatic nitrogens is 2. The molecule has 0 fully saturated rings. The number of pyridine rings is 1. The third-order valence-corrected chi connectivity index (χ3v) is 5.45. The fourth-order valence-corrected chi connectivity index (χ4v) is 3.89. The summed E-state index contributed by atoms with van der Waals surface area (Å²) in [7, 11) is 0. The molecule has 0 aliphatic rings. The minimum atomic E-state index is -0.621. The topological polar surface area (TPSA) is 72.7 Å². The zero-order valence-corrected chi connectivity index (χ0v) is 20.4. The molecule has 1 unspecified atom stereocenters. The molecular formula is C28H28FN3O3. The van der Waals surface area contributed by atoms with Crippen molar-refractivity contribution in [1.82, 2.24) is 9.38 Å². The molecule has 1 atom stereocenters. The maximum atomic E-state index is 13.4. The van der Waals surface area contributed by atoms with Crippen LogP contribution in [0.3, 0.4) is 0 Å². The van der Waals surface area contributed by atoms with E-state index >= 15 is 0 Å². The molecule has 180 valence electrons. The van der Waals surface area contributed by atoms with Crippen molar-refractivity contribution in [3.63, 3.8) is 0 Å². The number of hydrogen-bond acceptors (Lipinski definition) is 5. The number of hydrogen-bond donors (Lipinski definition) is 1. The van der Waals surface area contributed by atoms with Crippen LogP contribution < -0.4 is 10.9 Å². The summed E-state index contributed by atoms with van der Waals surface area (Å²) in [6.07, 6.45) is 1.74. The molecule has 0 spiro atoms. The van der Waals surface area contributed by atoms with E-state index in [1.165, 1.54) is 22.6 Å². The van der Waals surface area contributed by atoms with E-state index in [0.717, 1.165) is 11.1 Å². The van der Waals surface area contributed by atoms with E-state index in [2.05, 4.69) is 5.32 Å². The van der Waals surface area contributed by atoms with Crippen LogP contribution in [0.15, 0.2) is 71.7 Å². The first-order valence-corrected chi connectivity index (χ1v) is 11.4.